The van der Waals surface area contributed by atoms with Gasteiger partial charge in [0, 0.05) is 21.5 Å². The fraction of sp³-hybridized carbons (Fsp3) is 0.455. The van der Waals surface area contributed by atoms with Gasteiger partial charge < -0.3 is 5.32 Å². The molecule has 1 unspecified atom stereocenters. The molecule has 2 N–H and O–H groups in total. The van der Waals surface area contributed by atoms with Crippen LogP contribution in [0.1, 0.15) is 12.0 Å². The molecule has 1 atom stereocenters. The molecule has 0 aliphatic carbocycles. The fourth-order valence-corrected chi connectivity index (χ4v) is 4.82. The molecule has 4 nitrogen and oxygen atoms in total. The highest BCUT2D eigenvalue weighted by molar-refractivity contribution is 9.11. The van der Waals surface area contributed by atoms with E-state index in [1.54, 1.807) is 12.1 Å². The van der Waals surface area contributed by atoms with Crippen LogP contribution in [-0.2, 0) is 10.0 Å². The number of rotatable bonds is 3. The minimum Gasteiger partial charge on any atom is -0.315 e. The second-order valence-corrected chi connectivity index (χ2v) is 7.73. The van der Waals surface area contributed by atoms with Crippen LogP contribution in [0.15, 0.2) is 26.0 Å². The van der Waals surface area contributed by atoms with Crippen LogP contribution in [0.25, 0.3) is 0 Å². The maximum atomic E-state index is 12.3. The zero-order chi connectivity index (χ0) is 13.3. The Morgan fingerprint density at radius 3 is 2.58 bits per heavy atom. The van der Waals surface area contributed by atoms with Crippen LogP contribution in [0.2, 0.25) is 0 Å². The van der Waals surface area contributed by atoms with Gasteiger partial charge in [-0.3, -0.25) is 0 Å². The summed E-state index contributed by atoms with van der Waals surface area (Å²) in [5.41, 5.74) is 0.989. The lowest BCUT2D eigenvalue weighted by atomic mass is 10.2. The predicted molar refractivity (Wildman–Crippen MR) is 85.4 cm³/mol. The molecule has 0 aromatic heterocycles. The number of aryl methyl sites for hydroxylation is 1. The largest absolute Gasteiger partial charge is 0.315 e. The first-order valence-corrected chi connectivity index (χ1v) is 8.66. The van der Waals surface area contributed by atoms with Crippen molar-refractivity contribution in [3.8, 4) is 0 Å². The van der Waals surface area contributed by atoms with E-state index in [2.05, 4.69) is 41.9 Å². The average Bonchev–Trinajstić information content (AvgIpc) is 2.75. The van der Waals surface area contributed by atoms with Gasteiger partial charge in [0.2, 0.25) is 10.0 Å². The van der Waals surface area contributed by atoms with Gasteiger partial charge in [-0.1, -0.05) is 15.9 Å². The van der Waals surface area contributed by atoms with E-state index >= 15 is 0 Å². The van der Waals surface area contributed by atoms with E-state index in [-0.39, 0.29) is 23.3 Å². The Kier molecular flexibility index (Phi) is 6.28. The molecule has 0 amide bonds. The highest BCUT2D eigenvalue weighted by Gasteiger charge is 2.24. The highest BCUT2D eigenvalue weighted by Crippen LogP contribution is 2.29. The van der Waals surface area contributed by atoms with E-state index in [1.807, 2.05) is 6.92 Å². The number of benzene rings is 1. The highest BCUT2D eigenvalue weighted by atomic mass is 79.9. The van der Waals surface area contributed by atoms with Crippen LogP contribution in [0.4, 0.5) is 0 Å². The van der Waals surface area contributed by atoms with Gasteiger partial charge in [0.25, 0.3) is 0 Å². The Labute approximate surface area is 136 Å². The Morgan fingerprint density at radius 2 is 2.00 bits per heavy atom. The molecule has 1 aliphatic rings. The molecule has 1 aliphatic heterocycles. The number of hydrogen-bond acceptors (Lipinski definition) is 3. The quantitative estimate of drug-likeness (QED) is 0.769. The van der Waals surface area contributed by atoms with Gasteiger partial charge in [-0.15, -0.1) is 12.4 Å². The van der Waals surface area contributed by atoms with E-state index in [0.29, 0.717) is 11.0 Å². The average molecular weight is 435 g/mol. The van der Waals surface area contributed by atoms with Crippen LogP contribution in [0.3, 0.4) is 0 Å². The summed E-state index contributed by atoms with van der Waals surface area (Å²) in [6.45, 7) is 3.45. The number of sulfonamides is 1. The van der Waals surface area contributed by atoms with Gasteiger partial charge in [0.15, 0.2) is 0 Å². The Hall–Kier alpha value is 0.340. The lowest BCUT2D eigenvalue weighted by Gasteiger charge is -2.14. The molecule has 1 heterocycles. The fourth-order valence-electron chi connectivity index (χ4n) is 1.87. The second-order valence-electron chi connectivity index (χ2n) is 4.34. The molecular formula is C11H15Br2ClN2O2S. The SMILES string of the molecule is Cc1cc(Br)c(S(=O)(=O)NC2CCNC2)cc1Br.Cl. The third-order valence-corrected chi connectivity index (χ3v) is 6.22. The molecule has 0 bridgehead atoms. The van der Waals surface area contributed by atoms with Crippen LogP contribution in [-0.4, -0.2) is 27.5 Å². The molecule has 0 radical (unpaired) electrons. The summed E-state index contributed by atoms with van der Waals surface area (Å²) in [5.74, 6) is 0. The maximum Gasteiger partial charge on any atom is 0.242 e. The van der Waals surface area contributed by atoms with E-state index in [0.717, 1.165) is 23.0 Å². The zero-order valence-electron chi connectivity index (χ0n) is 10.2. The predicted octanol–water partition coefficient (Wildman–Crippen LogP) is 2.58. The molecular weight excluding hydrogens is 419 g/mol. The standard InChI is InChI=1S/C11H14Br2N2O2S.ClH/c1-7-4-10(13)11(5-9(7)12)18(16,17)15-8-2-3-14-6-8;/h4-5,8,14-15H,2-3,6H2,1H3;1H. The lowest BCUT2D eigenvalue weighted by molar-refractivity contribution is 0.559. The van der Waals surface area contributed by atoms with Gasteiger partial charge in [-0.25, -0.2) is 13.1 Å². The third kappa shape index (κ3) is 4.15. The van der Waals surface area contributed by atoms with E-state index in [1.165, 1.54) is 0 Å². The van der Waals surface area contributed by atoms with E-state index < -0.39 is 10.0 Å². The molecule has 0 spiro atoms. The lowest BCUT2D eigenvalue weighted by Crippen LogP contribution is -2.36. The van der Waals surface area contributed by atoms with Crippen molar-refractivity contribution in [3.63, 3.8) is 0 Å². The first-order chi connectivity index (χ1) is 8.40. The molecule has 1 aromatic carbocycles. The summed E-state index contributed by atoms with van der Waals surface area (Å²) in [6.07, 6.45) is 0.823. The number of hydrogen-bond donors (Lipinski definition) is 2. The first-order valence-electron chi connectivity index (χ1n) is 5.59. The van der Waals surface area contributed by atoms with Crippen molar-refractivity contribution in [2.75, 3.05) is 13.1 Å². The Morgan fingerprint density at radius 1 is 1.32 bits per heavy atom. The van der Waals surface area contributed by atoms with Crippen LogP contribution < -0.4 is 10.0 Å². The molecule has 8 heteroatoms. The number of nitrogens with one attached hydrogen (secondary N) is 2. The molecule has 1 fully saturated rings. The summed E-state index contributed by atoms with van der Waals surface area (Å²) in [4.78, 5) is 0.270. The van der Waals surface area contributed by atoms with Crippen molar-refractivity contribution in [1.29, 1.82) is 0 Å². The Bertz CT molecular complexity index is 560. The molecule has 108 valence electrons. The molecule has 0 saturated carbocycles. The second kappa shape index (κ2) is 6.87. The minimum absolute atomic E-state index is 0. The van der Waals surface area contributed by atoms with Crippen molar-refractivity contribution in [1.82, 2.24) is 10.0 Å². The third-order valence-electron chi connectivity index (χ3n) is 2.88. The molecule has 2 rings (SSSR count). The monoisotopic (exact) mass is 432 g/mol. The summed E-state index contributed by atoms with van der Waals surface area (Å²) in [5, 5.41) is 3.13. The first kappa shape index (κ1) is 17.4. The maximum absolute atomic E-state index is 12.3. The van der Waals surface area contributed by atoms with Crippen molar-refractivity contribution in [2.24, 2.45) is 0 Å². The van der Waals surface area contributed by atoms with Crippen LogP contribution in [0.5, 0.6) is 0 Å². The Balaban J connectivity index is 0.00000180. The zero-order valence-corrected chi connectivity index (χ0v) is 15.0. The summed E-state index contributed by atoms with van der Waals surface area (Å²) >= 11 is 6.67. The summed E-state index contributed by atoms with van der Waals surface area (Å²) in [7, 11) is -3.48. The topological polar surface area (TPSA) is 58.2 Å². The van der Waals surface area contributed by atoms with Crippen molar-refractivity contribution in [2.45, 2.75) is 24.3 Å². The summed E-state index contributed by atoms with van der Waals surface area (Å²) in [6, 6.07) is 3.40. The number of halogens is 3. The molecule has 1 saturated heterocycles. The van der Waals surface area contributed by atoms with Crippen LogP contribution in [0, 0.1) is 6.92 Å². The molecule has 19 heavy (non-hydrogen) atoms. The van der Waals surface area contributed by atoms with Crippen molar-refractivity contribution in [3.05, 3.63) is 26.6 Å². The van der Waals surface area contributed by atoms with E-state index in [4.69, 9.17) is 0 Å². The summed E-state index contributed by atoms with van der Waals surface area (Å²) < 4.78 is 28.7. The van der Waals surface area contributed by atoms with Gasteiger partial charge in [-0.2, -0.15) is 0 Å². The minimum atomic E-state index is -3.48. The van der Waals surface area contributed by atoms with Gasteiger partial charge in [-0.05, 0) is 53.5 Å². The van der Waals surface area contributed by atoms with Gasteiger partial charge >= 0.3 is 0 Å². The van der Waals surface area contributed by atoms with Crippen LogP contribution >= 0.6 is 44.3 Å². The van der Waals surface area contributed by atoms with E-state index in [9.17, 15) is 8.42 Å². The molecule has 1 aromatic rings. The van der Waals surface area contributed by atoms with Gasteiger partial charge in [0.05, 0.1) is 4.90 Å². The van der Waals surface area contributed by atoms with Crippen molar-refractivity contribution < 1.29 is 8.42 Å². The smallest absolute Gasteiger partial charge is 0.242 e. The normalized spacial score (nSPS) is 19.2. The van der Waals surface area contributed by atoms with Crippen molar-refractivity contribution >= 4 is 54.3 Å². The van der Waals surface area contributed by atoms with Gasteiger partial charge in [0.1, 0.15) is 0 Å².